The Kier molecular flexibility index (Phi) is 2.47. The standard InChI is InChI=1S/C16H16N2O2/c1-2-20-15-10-14-11-6-3-4-7-12(11)16(19)18(14)17-9-5-8-13(15)17/h3-9,14-15H,2,10H2,1H3/t14-,15+/m0/s1. The van der Waals surface area contributed by atoms with Gasteiger partial charge < -0.3 is 4.74 Å². The van der Waals surface area contributed by atoms with Crippen molar-refractivity contribution in [3.8, 4) is 0 Å². The van der Waals surface area contributed by atoms with Crippen LogP contribution in [-0.4, -0.2) is 17.2 Å². The quantitative estimate of drug-likeness (QED) is 0.839. The Bertz CT molecular complexity index is 677. The number of nitrogens with zero attached hydrogens (tertiary/aromatic N) is 2. The van der Waals surface area contributed by atoms with E-state index in [1.165, 1.54) is 0 Å². The van der Waals surface area contributed by atoms with Gasteiger partial charge in [-0.3, -0.25) is 9.47 Å². The lowest BCUT2D eigenvalue weighted by molar-refractivity contribution is 0.0333. The minimum absolute atomic E-state index is 0.0511. The molecule has 0 bridgehead atoms. The highest BCUT2D eigenvalue weighted by Crippen LogP contribution is 2.43. The van der Waals surface area contributed by atoms with E-state index in [0.29, 0.717) is 6.61 Å². The fraction of sp³-hybridized carbons (Fsp3) is 0.312. The van der Waals surface area contributed by atoms with Crippen molar-refractivity contribution in [3.63, 3.8) is 0 Å². The summed E-state index contributed by atoms with van der Waals surface area (Å²) in [6, 6.07) is 12.0. The number of amides is 1. The zero-order valence-corrected chi connectivity index (χ0v) is 11.3. The zero-order valence-electron chi connectivity index (χ0n) is 11.3. The highest BCUT2D eigenvalue weighted by molar-refractivity contribution is 6.06. The number of hydrogen-bond donors (Lipinski definition) is 0. The molecular formula is C16H16N2O2. The van der Waals surface area contributed by atoms with E-state index in [9.17, 15) is 4.79 Å². The maximum absolute atomic E-state index is 12.6. The number of hydrogen-bond acceptors (Lipinski definition) is 2. The Labute approximate surface area is 117 Å². The maximum Gasteiger partial charge on any atom is 0.273 e. The summed E-state index contributed by atoms with van der Waals surface area (Å²) in [5.41, 5.74) is 2.99. The second kappa shape index (κ2) is 4.21. The van der Waals surface area contributed by atoms with Crippen molar-refractivity contribution in [1.82, 2.24) is 4.68 Å². The van der Waals surface area contributed by atoms with Gasteiger partial charge in [-0.1, -0.05) is 18.2 Å². The normalized spacial score (nSPS) is 23.4. The first-order chi connectivity index (χ1) is 9.81. The van der Waals surface area contributed by atoms with Crippen molar-refractivity contribution in [2.75, 3.05) is 11.6 Å². The molecular weight excluding hydrogens is 252 g/mol. The van der Waals surface area contributed by atoms with Gasteiger partial charge in [0.25, 0.3) is 5.91 Å². The van der Waals surface area contributed by atoms with Crippen LogP contribution in [0.2, 0.25) is 0 Å². The smallest absolute Gasteiger partial charge is 0.273 e. The molecule has 1 aromatic heterocycles. The van der Waals surface area contributed by atoms with Crippen LogP contribution in [0.4, 0.5) is 0 Å². The highest BCUT2D eigenvalue weighted by Gasteiger charge is 2.43. The van der Waals surface area contributed by atoms with Gasteiger partial charge in [0.05, 0.1) is 11.7 Å². The van der Waals surface area contributed by atoms with Crippen molar-refractivity contribution in [2.45, 2.75) is 25.5 Å². The largest absolute Gasteiger partial charge is 0.372 e. The Balaban J connectivity index is 1.86. The van der Waals surface area contributed by atoms with Crippen LogP contribution >= 0.6 is 0 Å². The maximum atomic E-state index is 12.6. The Hall–Kier alpha value is -2.07. The number of rotatable bonds is 2. The Morgan fingerprint density at radius 1 is 1.25 bits per heavy atom. The van der Waals surface area contributed by atoms with Gasteiger partial charge in [0.1, 0.15) is 6.10 Å². The van der Waals surface area contributed by atoms with E-state index in [-0.39, 0.29) is 18.1 Å². The molecule has 0 aliphatic carbocycles. The molecule has 0 saturated heterocycles. The number of ether oxygens (including phenoxy) is 1. The van der Waals surface area contributed by atoms with Gasteiger partial charge in [-0.05, 0) is 30.7 Å². The molecule has 4 nitrogen and oxygen atoms in total. The van der Waals surface area contributed by atoms with Crippen molar-refractivity contribution in [3.05, 3.63) is 59.4 Å². The summed E-state index contributed by atoms with van der Waals surface area (Å²) in [7, 11) is 0. The van der Waals surface area contributed by atoms with E-state index in [4.69, 9.17) is 4.74 Å². The van der Waals surface area contributed by atoms with Crippen molar-refractivity contribution in [1.29, 1.82) is 0 Å². The first-order valence-electron chi connectivity index (χ1n) is 7.03. The van der Waals surface area contributed by atoms with Gasteiger partial charge >= 0.3 is 0 Å². The average molecular weight is 268 g/mol. The topological polar surface area (TPSA) is 34.5 Å². The molecule has 2 aliphatic rings. The third-order valence-electron chi connectivity index (χ3n) is 4.18. The molecule has 1 aromatic carbocycles. The third-order valence-corrected chi connectivity index (χ3v) is 4.18. The summed E-state index contributed by atoms with van der Waals surface area (Å²) in [4.78, 5) is 12.6. The molecule has 102 valence electrons. The molecule has 0 unspecified atom stereocenters. The molecule has 4 heteroatoms. The first-order valence-corrected chi connectivity index (χ1v) is 7.03. The second-order valence-electron chi connectivity index (χ2n) is 5.21. The summed E-state index contributed by atoms with van der Waals surface area (Å²) in [6.45, 7) is 2.69. The molecule has 1 amide bonds. The molecule has 0 N–H and O–H groups in total. The van der Waals surface area contributed by atoms with Gasteiger partial charge in [-0.15, -0.1) is 0 Å². The average Bonchev–Trinajstić information content (AvgIpc) is 3.04. The lowest BCUT2D eigenvalue weighted by atomic mass is 9.97. The van der Waals surface area contributed by atoms with Crippen LogP contribution in [0.15, 0.2) is 42.6 Å². The van der Waals surface area contributed by atoms with Crippen LogP contribution in [0.1, 0.15) is 47.1 Å². The number of aromatic nitrogens is 1. The third kappa shape index (κ3) is 1.42. The van der Waals surface area contributed by atoms with Crippen LogP contribution in [0.5, 0.6) is 0 Å². The molecule has 2 aliphatic heterocycles. The van der Waals surface area contributed by atoms with Crippen molar-refractivity contribution < 1.29 is 9.53 Å². The molecule has 2 aromatic rings. The van der Waals surface area contributed by atoms with Crippen LogP contribution in [0, 0.1) is 0 Å². The summed E-state index contributed by atoms with van der Waals surface area (Å²) in [5, 5.41) is 1.86. The number of fused-ring (bicyclic) bond motifs is 5. The number of benzene rings is 1. The Morgan fingerprint density at radius 3 is 2.95 bits per heavy atom. The minimum atomic E-state index is 0.0511. The highest BCUT2D eigenvalue weighted by atomic mass is 16.5. The zero-order chi connectivity index (χ0) is 13.7. The monoisotopic (exact) mass is 268 g/mol. The van der Waals surface area contributed by atoms with Gasteiger partial charge in [0.2, 0.25) is 0 Å². The predicted octanol–water partition coefficient (Wildman–Crippen LogP) is 2.80. The SMILES string of the molecule is CCO[C@@H]1C[C@H]2c3ccccc3C(=O)N2n2cccc21. The molecule has 3 heterocycles. The van der Waals surface area contributed by atoms with E-state index in [1.54, 1.807) is 0 Å². The molecule has 20 heavy (non-hydrogen) atoms. The van der Waals surface area contributed by atoms with Crippen LogP contribution in [-0.2, 0) is 4.74 Å². The number of carbonyl (C=O) groups is 1. The number of carbonyl (C=O) groups excluding carboxylic acids is 1. The Morgan fingerprint density at radius 2 is 2.10 bits per heavy atom. The van der Waals surface area contributed by atoms with E-state index in [2.05, 4.69) is 6.07 Å². The van der Waals surface area contributed by atoms with Crippen LogP contribution < -0.4 is 5.01 Å². The second-order valence-corrected chi connectivity index (χ2v) is 5.21. The van der Waals surface area contributed by atoms with E-state index in [1.807, 2.05) is 53.1 Å². The first kappa shape index (κ1) is 11.7. The van der Waals surface area contributed by atoms with Gasteiger partial charge in [0, 0.05) is 24.8 Å². The van der Waals surface area contributed by atoms with E-state index in [0.717, 1.165) is 23.2 Å². The van der Waals surface area contributed by atoms with Gasteiger partial charge in [-0.2, -0.15) is 0 Å². The minimum Gasteiger partial charge on any atom is -0.372 e. The lowest BCUT2D eigenvalue weighted by Gasteiger charge is -2.36. The van der Waals surface area contributed by atoms with Gasteiger partial charge in [-0.25, -0.2) is 5.01 Å². The lowest BCUT2D eigenvalue weighted by Crippen LogP contribution is -2.43. The molecule has 0 spiro atoms. The van der Waals surface area contributed by atoms with Gasteiger partial charge in [0.15, 0.2) is 0 Å². The van der Waals surface area contributed by atoms with Crippen LogP contribution in [0.25, 0.3) is 0 Å². The molecule has 2 atom stereocenters. The molecule has 0 radical (unpaired) electrons. The molecule has 0 fully saturated rings. The van der Waals surface area contributed by atoms with Crippen molar-refractivity contribution >= 4 is 5.91 Å². The summed E-state index contributed by atoms with van der Waals surface area (Å²) in [6.07, 6.45) is 2.81. The molecule has 4 rings (SSSR count). The van der Waals surface area contributed by atoms with Crippen LogP contribution in [0.3, 0.4) is 0 Å². The molecule has 0 saturated carbocycles. The van der Waals surface area contributed by atoms with E-state index >= 15 is 0 Å². The fourth-order valence-electron chi connectivity index (χ4n) is 3.37. The predicted molar refractivity (Wildman–Crippen MR) is 75.1 cm³/mol. The summed E-state index contributed by atoms with van der Waals surface area (Å²) in [5.74, 6) is 0.0815. The fourth-order valence-corrected chi connectivity index (χ4v) is 3.37. The summed E-state index contributed by atoms with van der Waals surface area (Å²) >= 11 is 0. The van der Waals surface area contributed by atoms with E-state index < -0.39 is 0 Å². The summed E-state index contributed by atoms with van der Waals surface area (Å²) < 4.78 is 7.82. The van der Waals surface area contributed by atoms with Crippen molar-refractivity contribution in [2.24, 2.45) is 0 Å².